The highest BCUT2D eigenvalue weighted by molar-refractivity contribution is 7.90. The second kappa shape index (κ2) is 7.09. The lowest BCUT2D eigenvalue weighted by Crippen LogP contribution is -2.15. The Morgan fingerprint density at radius 3 is 2.23 bits per heavy atom. The Morgan fingerprint density at radius 1 is 0.962 bits per heavy atom. The summed E-state index contributed by atoms with van der Waals surface area (Å²) in [5, 5.41) is 0.167. The zero-order chi connectivity index (χ0) is 18.9. The molecule has 1 heterocycles. The predicted molar refractivity (Wildman–Crippen MR) is 104 cm³/mol. The van der Waals surface area contributed by atoms with E-state index in [0.29, 0.717) is 5.56 Å². The molecule has 0 radical (unpaired) electrons. The van der Waals surface area contributed by atoms with Gasteiger partial charge in [0.05, 0.1) is 9.92 Å². The Morgan fingerprint density at radius 2 is 1.65 bits per heavy atom. The topological polar surface area (TPSA) is 67.0 Å². The number of aryl methyl sites for hydroxylation is 1. The molecule has 0 saturated heterocycles. The number of rotatable bonds is 4. The summed E-state index contributed by atoms with van der Waals surface area (Å²) >= 11 is 6.24. The molecule has 0 aliphatic heterocycles. The molecule has 0 bridgehead atoms. The fraction of sp³-hybridized carbons (Fsp3) is 0.150. The Bertz CT molecular complexity index is 1110. The molecular weight excluding hydrogens is 370 g/mol. The van der Waals surface area contributed by atoms with Crippen LogP contribution in [-0.2, 0) is 9.84 Å². The van der Waals surface area contributed by atoms with Gasteiger partial charge in [-0.25, -0.2) is 8.42 Å². The summed E-state index contributed by atoms with van der Waals surface area (Å²) in [7, 11) is -3.41. The monoisotopic (exact) mass is 387 g/mol. The highest BCUT2D eigenvalue weighted by Crippen LogP contribution is 2.33. The number of aromatic amines is 1. The average molecular weight is 388 g/mol. The number of hydrogen-bond acceptors (Lipinski definition) is 3. The molecule has 1 N–H and O–H groups in total. The first kappa shape index (κ1) is 18.4. The molecular formula is C20H18ClNO3S. The largest absolute Gasteiger partial charge is 0.325 e. The van der Waals surface area contributed by atoms with Gasteiger partial charge in [-0.2, -0.15) is 0 Å². The molecule has 134 valence electrons. The quantitative estimate of drug-likeness (QED) is 0.737. The van der Waals surface area contributed by atoms with Crippen molar-refractivity contribution in [2.75, 3.05) is 6.26 Å². The molecule has 6 heteroatoms. The lowest BCUT2D eigenvalue weighted by atomic mass is 9.88. The van der Waals surface area contributed by atoms with Crippen LogP contribution in [0.4, 0.5) is 0 Å². The molecule has 0 fully saturated rings. The van der Waals surface area contributed by atoms with Gasteiger partial charge < -0.3 is 4.98 Å². The summed E-state index contributed by atoms with van der Waals surface area (Å²) < 4.78 is 23.7. The summed E-state index contributed by atoms with van der Waals surface area (Å²) in [4.78, 5) is 15.1. The van der Waals surface area contributed by atoms with Crippen molar-refractivity contribution in [2.45, 2.75) is 17.7 Å². The van der Waals surface area contributed by atoms with Gasteiger partial charge in [-0.3, -0.25) is 4.79 Å². The fourth-order valence-electron chi connectivity index (χ4n) is 2.92. The van der Waals surface area contributed by atoms with Crippen molar-refractivity contribution in [3.63, 3.8) is 0 Å². The number of pyridine rings is 1. The Hall–Kier alpha value is -2.37. The van der Waals surface area contributed by atoms with Gasteiger partial charge in [0.15, 0.2) is 9.84 Å². The standard InChI is InChI=1S/C20H18ClNO3S/c1-13-8-10-17(22-20(13)23)19(14-6-4-3-5-7-14)15-9-11-18(16(21)12-15)26(2,24)25/h3-12,19H,1-2H3,(H,22,23). The lowest BCUT2D eigenvalue weighted by molar-refractivity contribution is 0.602. The van der Waals surface area contributed by atoms with E-state index in [1.807, 2.05) is 36.4 Å². The van der Waals surface area contributed by atoms with Gasteiger partial charge >= 0.3 is 0 Å². The Balaban J connectivity index is 2.20. The predicted octanol–water partition coefficient (Wildman–Crippen LogP) is 3.92. The van der Waals surface area contributed by atoms with E-state index in [0.717, 1.165) is 23.1 Å². The van der Waals surface area contributed by atoms with E-state index in [9.17, 15) is 13.2 Å². The summed E-state index contributed by atoms with van der Waals surface area (Å²) in [5.74, 6) is -0.268. The van der Waals surface area contributed by atoms with Gasteiger partial charge in [0, 0.05) is 23.4 Å². The second-order valence-electron chi connectivity index (χ2n) is 6.23. The van der Waals surface area contributed by atoms with Crippen LogP contribution >= 0.6 is 11.6 Å². The molecule has 0 saturated carbocycles. The molecule has 0 amide bonds. The van der Waals surface area contributed by atoms with Crippen molar-refractivity contribution in [1.29, 1.82) is 0 Å². The SMILES string of the molecule is Cc1ccc(C(c2ccccc2)c2ccc(S(C)(=O)=O)c(Cl)c2)[nH]c1=O. The summed E-state index contributed by atoms with van der Waals surface area (Å²) in [6.07, 6.45) is 1.13. The van der Waals surface area contributed by atoms with E-state index in [4.69, 9.17) is 11.6 Å². The maximum atomic E-state index is 12.1. The van der Waals surface area contributed by atoms with Crippen molar-refractivity contribution in [1.82, 2.24) is 4.98 Å². The average Bonchev–Trinajstić information content (AvgIpc) is 2.58. The van der Waals surface area contributed by atoms with E-state index in [1.54, 1.807) is 25.1 Å². The molecule has 4 nitrogen and oxygen atoms in total. The first-order chi connectivity index (χ1) is 12.3. The van der Waals surface area contributed by atoms with Crippen LogP contribution < -0.4 is 5.56 Å². The van der Waals surface area contributed by atoms with E-state index >= 15 is 0 Å². The Labute approximate surface area is 157 Å². The van der Waals surface area contributed by atoms with Gasteiger partial charge in [-0.05, 0) is 36.2 Å². The first-order valence-electron chi connectivity index (χ1n) is 8.01. The summed E-state index contributed by atoms with van der Waals surface area (Å²) in [6, 6.07) is 18.2. The van der Waals surface area contributed by atoms with Crippen LogP contribution in [0.15, 0.2) is 70.4 Å². The smallest absolute Gasteiger partial charge is 0.251 e. The molecule has 26 heavy (non-hydrogen) atoms. The van der Waals surface area contributed by atoms with Gasteiger partial charge in [0.1, 0.15) is 0 Å². The minimum Gasteiger partial charge on any atom is -0.325 e. The van der Waals surface area contributed by atoms with Crippen molar-refractivity contribution in [3.05, 3.63) is 98.4 Å². The molecule has 0 spiro atoms. The van der Waals surface area contributed by atoms with Crippen molar-refractivity contribution in [2.24, 2.45) is 0 Å². The van der Waals surface area contributed by atoms with E-state index in [-0.39, 0.29) is 21.4 Å². The van der Waals surface area contributed by atoms with Crippen molar-refractivity contribution >= 4 is 21.4 Å². The van der Waals surface area contributed by atoms with Crippen molar-refractivity contribution in [3.8, 4) is 0 Å². The summed E-state index contributed by atoms with van der Waals surface area (Å²) in [5.41, 5.74) is 2.96. The van der Waals surface area contributed by atoms with Crippen molar-refractivity contribution < 1.29 is 8.42 Å². The van der Waals surface area contributed by atoms with Crippen LogP contribution in [0.3, 0.4) is 0 Å². The fourth-order valence-corrected chi connectivity index (χ4v) is 4.26. The number of nitrogens with one attached hydrogen (secondary N) is 1. The van der Waals surface area contributed by atoms with Gasteiger partial charge in [-0.1, -0.05) is 54.1 Å². The lowest BCUT2D eigenvalue weighted by Gasteiger charge is -2.19. The van der Waals surface area contributed by atoms with Crippen LogP contribution in [0.25, 0.3) is 0 Å². The van der Waals surface area contributed by atoms with Crippen LogP contribution in [0.2, 0.25) is 5.02 Å². The maximum absolute atomic E-state index is 12.1. The highest BCUT2D eigenvalue weighted by atomic mass is 35.5. The van der Waals surface area contributed by atoms with Crippen LogP contribution in [0.5, 0.6) is 0 Å². The van der Waals surface area contributed by atoms with Gasteiger partial charge in [0.2, 0.25) is 0 Å². The Kier molecular flexibility index (Phi) is 5.03. The first-order valence-corrected chi connectivity index (χ1v) is 10.3. The second-order valence-corrected chi connectivity index (χ2v) is 8.62. The van der Waals surface area contributed by atoms with Crippen LogP contribution in [0, 0.1) is 6.92 Å². The molecule has 1 atom stereocenters. The zero-order valence-electron chi connectivity index (χ0n) is 14.4. The normalized spacial score (nSPS) is 12.7. The minimum absolute atomic E-state index is 0.0899. The number of H-pyrrole nitrogens is 1. The third kappa shape index (κ3) is 3.74. The van der Waals surface area contributed by atoms with Crippen LogP contribution in [-0.4, -0.2) is 19.7 Å². The molecule has 3 aromatic rings. The number of halogens is 1. The number of benzene rings is 2. The maximum Gasteiger partial charge on any atom is 0.251 e. The third-order valence-corrected chi connectivity index (χ3v) is 5.84. The molecule has 2 aromatic carbocycles. The van der Waals surface area contributed by atoms with E-state index in [1.165, 1.54) is 6.07 Å². The number of aromatic nitrogens is 1. The molecule has 0 aliphatic rings. The van der Waals surface area contributed by atoms with Gasteiger partial charge in [0.25, 0.3) is 5.56 Å². The summed E-state index contributed by atoms with van der Waals surface area (Å²) in [6.45, 7) is 1.75. The molecule has 1 aromatic heterocycles. The molecule has 1 unspecified atom stereocenters. The minimum atomic E-state index is -3.41. The van der Waals surface area contributed by atoms with Crippen LogP contribution in [0.1, 0.15) is 28.3 Å². The zero-order valence-corrected chi connectivity index (χ0v) is 15.9. The molecule has 3 rings (SSSR count). The molecule has 0 aliphatic carbocycles. The highest BCUT2D eigenvalue weighted by Gasteiger charge is 2.21. The number of hydrogen-bond donors (Lipinski definition) is 1. The number of sulfone groups is 1. The van der Waals surface area contributed by atoms with E-state index < -0.39 is 9.84 Å². The van der Waals surface area contributed by atoms with Gasteiger partial charge in [-0.15, -0.1) is 0 Å². The van der Waals surface area contributed by atoms with E-state index in [2.05, 4.69) is 4.98 Å². The third-order valence-electron chi connectivity index (χ3n) is 4.26.